The molecule has 2 heterocycles. The van der Waals surface area contributed by atoms with Crippen molar-refractivity contribution in [3.05, 3.63) is 33.3 Å². The van der Waals surface area contributed by atoms with E-state index < -0.39 is 11.8 Å². The number of aromatic nitrogens is 2. The number of thiophene rings is 1. The minimum atomic E-state index is -0.674. The number of amides is 2. The molecule has 2 aromatic rings. The fourth-order valence-electron chi connectivity index (χ4n) is 2.38. The van der Waals surface area contributed by atoms with Crippen LogP contribution in [0.3, 0.4) is 0 Å². The van der Waals surface area contributed by atoms with Crippen LogP contribution in [0.15, 0.2) is 12.1 Å². The molecule has 124 valence electrons. The van der Waals surface area contributed by atoms with Crippen molar-refractivity contribution in [2.45, 2.75) is 47.2 Å². The summed E-state index contributed by atoms with van der Waals surface area (Å²) in [5, 5.41) is 9.71. The average Bonchev–Trinajstić information content (AvgIpc) is 3.05. The van der Waals surface area contributed by atoms with Gasteiger partial charge in [0.1, 0.15) is 0 Å². The quantitative estimate of drug-likeness (QED) is 0.844. The summed E-state index contributed by atoms with van der Waals surface area (Å²) in [7, 11) is 0. The highest BCUT2D eigenvalue weighted by atomic mass is 32.1. The first kappa shape index (κ1) is 17.2. The lowest BCUT2D eigenvalue weighted by molar-refractivity contribution is -0.136. The highest BCUT2D eigenvalue weighted by Gasteiger charge is 2.21. The molecule has 0 spiro atoms. The number of hydrogen-bond acceptors (Lipinski definition) is 4. The Morgan fingerprint density at radius 2 is 1.96 bits per heavy atom. The number of anilines is 1. The molecule has 0 unspecified atom stereocenters. The third-order valence-electron chi connectivity index (χ3n) is 3.66. The van der Waals surface area contributed by atoms with Gasteiger partial charge < -0.3 is 10.6 Å². The summed E-state index contributed by atoms with van der Waals surface area (Å²) in [6.45, 7) is 10.2. The molecule has 1 atom stereocenters. The summed E-state index contributed by atoms with van der Waals surface area (Å²) in [5.41, 5.74) is 2.15. The van der Waals surface area contributed by atoms with Crippen molar-refractivity contribution in [3.63, 3.8) is 0 Å². The van der Waals surface area contributed by atoms with E-state index in [1.165, 1.54) is 4.88 Å². The summed E-state index contributed by atoms with van der Waals surface area (Å²) in [4.78, 5) is 26.4. The van der Waals surface area contributed by atoms with Gasteiger partial charge in [-0.3, -0.25) is 14.3 Å². The van der Waals surface area contributed by atoms with Crippen LogP contribution in [0.1, 0.15) is 41.0 Å². The van der Waals surface area contributed by atoms with Crippen LogP contribution in [0.25, 0.3) is 0 Å². The number of aryl methyl sites for hydroxylation is 3. The predicted molar refractivity (Wildman–Crippen MR) is 91.6 cm³/mol. The Balaban J connectivity index is 2.03. The van der Waals surface area contributed by atoms with Crippen molar-refractivity contribution in [2.24, 2.45) is 0 Å². The van der Waals surface area contributed by atoms with Crippen molar-refractivity contribution in [3.8, 4) is 0 Å². The van der Waals surface area contributed by atoms with Gasteiger partial charge in [0, 0.05) is 16.3 Å². The van der Waals surface area contributed by atoms with Gasteiger partial charge in [0.05, 0.1) is 23.1 Å². The molecule has 0 radical (unpaired) electrons. The Labute approximate surface area is 139 Å². The van der Waals surface area contributed by atoms with Crippen molar-refractivity contribution in [1.29, 1.82) is 0 Å². The van der Waals surface area contributed by atoms with Gasteiger partial charge in [0.25, 0.3) is 0 Å². The van der Waals surface area contributed by atoms with Gasteiger partial charge in [-0.05, 0) is 46.8 Å². The zero-order valence-electron chi connectivity index (χ0n) is 14.1. The van der Waals surface area contributed by atoms with Crippen molar-refractivity contribution in [1.82, 2.24) is 15.1 Å². The van der Waals surface area contributed by atoms with E-state index in [0.29, 0.717) is 17.9 Å². The lowest BCUT2D eigenvalue weighted by Gasteiger charge is -2.12. The Morgan fingerprint density at radius 1 is 1.26 bits per heavy atom. The molecule has 6 nitrogen and oxygen atoms in total. The summed E-state index contributed by atoms with van der Waals surface area (Å²) in [6.07, 6.45) is 0. The zero-order chi connectivity index (χ0) is 17.1. The number of carbonyl (C=O) groups is 2. The highest BCUT2D eigenvalue weighted by Crippen LogP contribution is 2.22. The normalized spacial score (nSPS) is 12.0. The van der Waals surface area contributed by atoms with Crippen LogP contribution >= 0.6 is 11.3 Å². The third-order valence-corrected chi connectivity index (χ3v) is 4.84. The number of nitrogens with one attached hydrogen (secondary N) is 2. The molecule has 0 aliphatic carbocycles. The molecule has 2 amide bonds. The van der Waals surface area contributed by atoms with Crippen LogP contribution in [-0.4, -0.2) is 21.6 Å². The molecule has 2 rings (SSSR count). The maximum absolute atomic E-state index is 12.1. The van der Waals surface area contributed by atoms with E-state index in [0.717, 1.165) is 10.6 Å². The monoisotopic (exact) mass is 334 g/mol. The molecule has 2 aromatic heterocycles. The molecule has 23 heavy (non-hydrogen) atoms. The van der Waals surface area contributed by atoms with Gasteiger partial charge in [-0.1, -0.05) is 0 Å². The fraction of sp³-hybridized carbons (Fsp3) is 0.438. The van der Waals surface area contributed by atoms with E-state index in [9.17, 15) is 9.59 Å². The minimum Gasteiger partial charge on any atom is -0.340 e. The average molecular weight is 334 g/mol. The van der Waals surface area contributed by atoms with Gasteiger partial charge in [-0.2, -0.15) is 5.10 Å². The summed E-state index contributed by atoms with van der Waals surface area (Å²) in [6, 6.07) is 3.75. The SMILES string of the molecule is CCn1nc(C)c(NC(=O)C(=O)N[C@@H](C)c2ccc(C)s2)c1C. The maximum atomic E-state index is 12.1. The Hall–Kier alpha value is -2.15. The standard InChI is InChI=1S/C16H22N4O2S/c1-6-20-12(5)14(11(4)19-20)18-16(22)15(21)17-10(3)13-8-7-9(2)23-13/h7-8,10H,6H2,1-5H3,(H,17,21)(H,18,22)/t10-/m0/s1. The number of hydrogen-bond donors (Lipinski definition) is 2. The molecule has 0 aliphatic rings. The van der Waals surface area contributed by atoms with Crippen molar-refractivity contribution >= 4 is 28.8 Å². The van der Waals surface area contributed by atoms with Crippen LogP contribution in [0.4, 0.5) is 5.69 Å². The molecule has 0 aromatic carbocycles. The zero-order valence-corrected chi connectivity index (χ0v) is 14.9. The van der Waals surface area contributed by atoms with Gasteiger partial charge in [0.2, 0.25) is 0 Å². The van der Waals surface area contributed by atoms with Gasteiger partial charge in [-0.15, -0.1) is 11.3 Å². The molecular formula is C16H22N4O2S. The smallest absolute Gasteiger partial charge is 0.313 e. The van der Waals surface area contributed by atoms with Crippen LogP contribution in [0.2, 0.25) is 0 Å². The van der Waals surface area contributed by atoms with Gasteiger partial charge in [0.15, 0.2) is 0 Å². The first-order valence-corrected chi connectivity index (χ1v) is 8.37. The molecule has 0 bridgehead atoms. The number of nitrogens with zero attached hydrogens (tertiary/aromatic N) is 2. The van der Waals surface area contributed by atoms with Crippen molar-refractivity contribution < 1.29 is 9.59 Å². The molecule has 2 N–H and O–H groups in total. The molecule has 7 heteroatoms. The Morgan fingerprint density at radius 3 is 2.48 bits per heavy atom. The molecular weight excluding hydrogens is 312 g/mol. The van der Waals surface area contributed by atoms with Gasteiger partial charge in [-0.25, -0.2) is 0 Å². The summed E-state index contributed by atoms with van der Waals surface area (Å²) >= 11 is 1.60. The van der Waals surface area contributed by atoms with E-state index in [-0.39, 0.29) is 6.04 Å². The van der Waals surface area contributed by atoms with Crippen LogP contribution in [-0.2, 0) is 16.1 Å². The predicted octanol–water partition coefficient (Wildman–Crippen LogP) is 2.71. The van der Waals surface area contributed by atoms with Crippen molar-refractivity contribution in [2.75, 3.05) is 5.32 Å². The highest BCUT2D eigenvalue weighted by molar-refractivity contribution is 7.12. The van der Waals surface area contributed by atoms with Crippen LogP contribution < -0.4 is 10.6 Å². The van der Waals surface area contributed by atoms with E-state index >= 15 is 0 Å². The van der Waals surface area contributed by atoms with Crippen LogP contribution in [0, 0.1) is 20.8 Å². The minimum absolute atomic E-state index is 0.201. The van der Waals surface area contributed by atoms with E-state index in [1.807, 2.05) is 46.8 Å². The van der Waals surface area contributed by atoms with Crippen LogP contribution in [0.5, 0.6) is 0 Å². The summed E-state index contributed by atoms with van der Waals surface area (Å²) < 4.78 is 1.79. The first-order chi connectivity index (χ1) is 10.8. The largest absolute Gasteiger partial charge is 0.340 e. The Bertz CT molecular complexity index is 733. The number of rotatable bonds is 4. The second-order valence-corrected chi connectivity index (χ2v) is 6.78. The third kappa shape index (κ3) is 3.79. The second kappa shape index (κ2) is 6.95. The van der Waals surface area contributed by atoms with E-state index in [1.54, 1.807) is 16.0 Å². The lowest BCUT2D eigenvalue weighted by atomic mass is 10.2. The number of carbonyl (C=O) groups excluding carboxylic acids is 2. The molecule has 0 saturated heterocycles. The second-order valence-electron chi connectivity index (χ2n) is 5.46. The molecule has 0 aliphatic heterocycles. The molecule has 0 saturated carbocycles. The topological polar surface area (TPSA) is 76.0 Å². The molecule has 0 fully saturated rings. The van der Waals surface area contributed by atoms with E-state index in [4.69, 9.17) is 0 Å². The summed E-state index contributed by atoms with van der Waals surface area (Å²) in [5.74, 6) is -1.32. The first-order valence-electron chi connectivity index (χ1n) is 7.55. The maximum Gasteiger partial charge on any atom is 0.313 e. The Kier molecular flexibility index (Phi) is 5.20. The lowest BCUT2D eigenvalue weighted by Crippen LogP contribution is -2.36. The van der Waals surface area contributed by atoms with E-state index in [2.05, 4.69) is 15.7 Å². The fourth-order valence-corrected chi connectivity index (χ4v) is 3.26. The van der Waals surface area contributed by atoms with Gasteiger partial charge >= 0.3 is 11.8 Å².